The molecule has 6 atom stereocenters. The van der Waals surface area contributed by atoms with Gasteiger partial charge in [-0.05, 0) is 51.0 Å². The van der Waals surface area contributed by atoms with E-state index in [1.165, 1.54) is 4.90 Å². The average molecular weight is 437 g/mol. The lowest BCUT2D eigenvalue weighted by molar-refractivity contribution is -0.155. The number of esters is 1. The molecule has 2 amide bonds. The third-order valence-corrected chi connectivity index (χ3v) is 6.65. The number of aliphatic hydroxyl groups excluding tert-OH is 1. The van der Waals surface area contributed by atoms with Crippen LogP contribution in [0.4, 0.5) is 5.69 Å². The molecule has 0 unspecified atom stereocenters. The second-order valence-electron chi connectivity index (χ2n) is 8.08. The maximum Gasteiger partial charge on any atom is 0.312 e. The van der Waals surface area contributed by atoms with Crippen LogP contribution in [0.15, 0.2) is 24.3 Å². The molecule has 2 bridgehead atoms. The average Bonchev–Trinajstić information content (AvgIpc) is 3.36. The van der Waals surface area contributed by atoms with Crippen LogP contribution in [0.1, 0.15) is 26.7 Å². The highest BCUT2D eigenvalue weighted by molar-refractivity contribution is 6.30. The highest BCUT2D eigenvalue weighted by Crippen LogP contribution is 2.59. The van der Waals surface area contributed by atoms with Crippen LogP contribution in [0.2, 0.25) is 5.02 Å². The van der Waals surface area contributed by atoms with Crippen molar-refractivity contribution < 1.29 is 29.0 Å². The van der Waals surface area contributed by atoms with E-state index in [2.05, 4.69) is 5.32 Å². The van der Waals surface area contributed by atoms with E-state index in [-0.39, 0.29) is 19.1 Å². The summed E-state index contributed by atoms with van der Waals surface area (Å²) in [5.41, 5.74) is -0.582. The van der Waals surface area contributed by atoms with E-state index in [1.54, 1.807) is 38.1 Å². The zero-order valence-corrected chi connectivity index (χ0v) is 17.6. The summed E-state index contributed by atoms with van der Waals surface area (Å²) in [7, 11) is 0. The first-order valence-electron chi connectivity index (χ1n) is 10.2. The van der Waals surface area contributed by atoms with Crippen LogP contribution < -0.4 is 5.32 Å². The third kappa shape index (κ3) is 3.09. The largest absolute Gasteiger partial charge is 0.466 e. The monoisotopic (exact) mass is 436 g/mol. The highest BCUT2D eigenvalue weighted by atomic mass is 35.5. The number of nitrogens with one attached hydrogen (secondary N) is 1. The minimum atomic E-state index is -1.11. The molecule has 1 aromatic carbocycles. The summed E-state index contributed by atoms with van der Waals surface area (Å²) in [5.74, 6) is -2.79. The number of likely N-dealkylation sites (tertiary alicyclic amines) is 1. The molecule has 3 fully saturated rings. The van der Waals surface area contributed by atoms with Gasteiger partial charge in [-0.2, -0.15) is 0 Å². The Hall–Kier alpha value is -2.16. The van der Waals surface area contributed by atoms with Gasteiger partial charge < -0.3 is 24.8 Å². The van der Waals surface area contributed by atoms with Crippen molar-refractivity contribution in [3.05, 3.63) is 29.3 Å². The SMILES string of the molecule is CCOC(=O)[C@@H]1[C@@H]2CC[C@]3(O2)[C@H](C(=O)Nc2ccc(Cl)cc2)N([C@H](C)CO)C(=O)[C@@H]13. The summed E-state index contributed by atoms with van der Waals surface area (Å²) >= 11 is 5.92. The van der Waals surface area contributed by atoms with Crippen LogP contribution >= 0.6 is 11.6 Å². The van der Waals surface area contributed by atoms with Gasteiger partial charge in [-0.15, -0.1) is 0 Å². The van der Waals surface area contributed by atoms with Gasteiger partial charge in [-0.3, -0.25) is 14.4 Å². The van der Waals surface area contributed by atoms with Crippen LogP contribution in [0.5, 0.6) is 0 Å². The second-order valence-corrected chi connectivity index (χ2v) is 8.52. The number of carbonyl (C=O) groups excluding carboxylic acids is 3. The summed E-state index contributed by atoms with van der Waals surface area (Å²) in [6.07, 6.45) is 0.604. The van der Waals surface area contributed by atoms with Gasteiger partial charge in [0.25, 0.3) is 0 Å². The Kier molecular flexibility index (Phi) is 5.50. The lowest BCUT2D eigenvalue weighted by Crippen LogP contribution is -2.55. The molecule has 30 heavy (non-hydrogen) atoms. The molecule has 2 N–H and O–H groups in total. The van der Waals surface area contributed by atoms with Gasteiger partial charge >= 0.3 is 5.97 Å². The van der Waals surface area contributed by atoms with Crippen molar-refractivity contribution in [2.24, 2.45) is 11.8 Å². The number of halogens is 1. The Morgan fingerprint density at radius 3 is 2.73 bits per heavy atom. The molecule has 3 heterocycles. The Morgan fingerprint density at radius 1 is 1.40 bits per heavy atom. The lowest BCUT2D eigenvalue weighted by Gasteiger charge is -2.35. The fraction of sp³-hybridized carbons (Fsp3) is 0.571. The first kappa shape index (κ1) is 21.1. The fourth-order valence-electron chi connectivity index (χ4n) is 5.20. The topological polar surface area (TPSA) is 105 Å². The second kappa shape index (κ2) is 7.83. The minimum absolute atomic E-state index is 0.202. The molecule has 9 heteroatoms. The van der Waals surface area contributed by atoms with Gasteiger partial charge in [0, 0.05) is 10.7 Å². The number of fused-ring (bicyclic) bond motifs is 1. The molecule has 0 saturated carbocycles. The molecule has 162 valence electrons. The van der Waals surface area contributed by atoms with Crippen molar-refractivity contribution in [1.29, 1.82) is 0 Å². The molecule has 4 rings (SSSR count). The molecule has 0 aromatic heterocycles. The van der Waals surface area contributed by atoms with E-state index < -0.39 is 47.5 Å². The number of benzene rings is 1. The predicted octanol–water partition coefficient (Wildman–Crippen LogP) is 1.60. The molecule has 8 nitrogen and oxygen atoms in total. The highest BCUT2D eigenvalue weighted by Gasteiger charge is 2.75. The number of anilines is 1. The quantitative estimate of drug-likeness (QED) is 0.656. The molecule has 1 aromatic rings. The third-order valence-electron chi connectivity index (χ3n) is 6.40. The van der Waals surface area contributed by atoms with Gasteiger partial charge in [0.1, 0.15) is 11.6 Å². The normalized spacial score (nSPS) is 32.8. The lowest BCUT2D eigenvalue weighted by atomic mass is 9.71. The van der Waals surface area contributed by atoms with Crippen LogP contribution in [0.25, 0.3) is 0 Å². The maximum absolute atomic E-state index is 13.4. The van der Waals surface area contributed by atoms with Crippen LogP contribution in [-0.4, -0.2) is 64.8 Å². The summed E-state index contributed by atoms with van der Waals surface area (Å²) in [6.45, 7) is 3.27. The number of aliphatic hydroxyl groups is 1. The summed E-state index contributed by atoms with van der Waals surface area (Å²) in [5, 5.41) is 13.1. The minimum Gasteiger partial charge on any atom is -0.466 e. The summed E-state index contributed by atoms with van der Waals surface area (Å²) < 4.78 is 11.4. The molecule has 3 aliphatic rings. The fourth-order valence-corrected chi connectivity index (χ4v) is 5.33. The molecule has 3 saturated heterocycles. The van der Waals surface area contributed by atoms with E-state index in [4.69, 9.17) is 21.1 Å². The van der Waals surface area contributed by atoms with Crippen molar-refractivity contribution in [3.8, 4) is 0 Å². The smallest absolute Gasteiger partial charge is 0.312 e. The zero-order chi connectivity index (χ0) is 21.6. The standard InChI is InChI=1S/C21H25ClN2O6/c1-3-29-20(28)15-14-8-9-21(30-14)16(15)19(27)24(11(2)10-25)17(21)18(26)23-13-6-4-12(22)5-7-13/h4-7,11,14-17,25H,3,8-10H2,1-2H3,(H,23,26)/t11-,14+,15-,16-,17+,21-/m1/s1. The Balaban J connectivity index is 1.70. The van der Waals surface area contributed by atoms with Crippen LogP contribution in [-0.2, 0) is 23.9 Å². The van der Waals surface area contributed by atoms with Gasteiger partial charge in [0.05, 0.1) is 37.2 Å². The van der Waals surface area contributed by atoms with E-state index in [0.717, 1.165) is 0 Å². The van der Waals surface area contributed by atoms with Crippen molar-refractivity contribution in [3.63, 3.8) is 0 Å². The number of hydrogen-bond acceptors (Lipinski definition) is 6. The van der Waals surface area contributed by atoms with Crippen molar-refractivity contribution in [1.82, 2.24) is 4.90 Å². The van der Waals surface area contributed by atoms with Gasteiger partial charge in [-0.25, -0.2) is 0 Å². The number of rotatable bonds is 6. The Labute approximate surface area is 179 Å². The Bertz CT molecular complexity index is 862. The molecule has 1 spiro atoms. The predicted molar refractivity (Wildman–Crippen MR) is 108 cm³/mol. The van der Waals surface area contributed by atoms with Gasteiger partial charge in [-0.1, -0.05) is 11.6 Å². The number of ether oxygens (including phenoxy) is 2. The summed E-state index contributed by atoms with van der Waals surface area (Å²) in [4.78, 5) is 40.8. The zero-order valence-electron chi connectivity index (χ0n) is 16.8. The van der Waals surface area contributed by atoms with Gasteiger partial charge in [0.2, 0.25) is 11.8 Å². The molecular formula is C21H25ClN2O6. The number of carbonyl (C=O) groups is 3. The van der Waals surface area contributed by atoms with E-state index in [9.17, 15) is 19.5 Å². The summed E-state index contributed by atoms with van der Waals surface area (Å²) in [6, 6.07) is 5.07. The van der Waals surface area contributed by atoms with Crippen molar-refractivity contribution >= 4 is 35.1 Å². The molecule has 0 aliphatic carbocycles. The van der Waals surface area contributed by atoms with Crippen LogP contribution in [0.3, 0.4) is 0 Å². The molecular weight excluding hydrogens is 412 g/mol. The van der Waals surface area contributed by atoms with Crippen molar-refractivity contribution in [2.75, 3.05) is 18.5 Å². The van der Waals surface area contributed by atoms with Crippen LogP contribution in [0, 0.1) is 11.8 Å². The van der Waals surface area contributed by atoms with Gasteiger partial charge in [0.15, 0.2) is 0 Å². The van der Waals surface area contributed by atoms with E-state index in [0.29, 0.717) is 23.6 Å². The molecule has 0 radical (unpaired) electrons. The van der Waals surface area contributed by atoms with E-state index in [1.807, 2.05) is 0 Å². The van der Waals surface area contributed by atoms with Crippen molar-refractivity contribution in [2.45, 2.75) is 50.5 Å². The first-order chi connectivity index (χ1) is 14.3. The Morgan fingerprint density at radius 2 is 2.10 bits per heavy atom. The number of hydrogen-bond donors (Lipinski definition) is 2. The first-order valence-corrected chi connectivity index (χ1v) is 10.6. The number of amides is 2. The molecule has 3 aliphatic heterocycles. The van der Waals surface area contributed by atoms with E-state index >= 15 is 0 Å². The number of nitrogens with zero attached hydrogens (tertiary/aromatic N) is 1. The maximum atomic E-state index is 13.4.